The van der Waals surface area contributed by atoms with Crippen molar-refractivity contribution in [1.29, 1.82) is 0 Å². The Morgan fingerprint density at radius 2 is 2.00 bits per heavy atom. The Morgan fingerprint density at radius 1 is 1.33 bits per heavy atom. The molecule has 0 aliphatic rings. The van der Waals surface area contributed by atoms with Crippen LogP contribution in [0.4, 0.5) is 11.6 Å². The van der Waals surface area contributed by atoms with Crippen molar-refractivity contribution in [3.63, 3.8) is 0 Å². The van der Waals surface area contributed by atoms with Gasteiger partial charge in [0, 0.05) is 37.9 Å². The lowest BCUT2D eigenvalue weighted by Gasteiger charge is -2.22. The van der Waals surface area contributed by atoms with Gasteiger partial charge in [0.05, 0.1) is 0 Å². The van der Waals surface area contributed by atoms with Gasteiger partial charge in [0.1, 0.15) is 17.5 Å². The fraction of sp³-hybridized carbons (Fsp3) is 0.692. The fourth-order valence-electron chi connectivity index (χ4n) is 1.73. The number of anilines is 2. The van der Waals surface area contributed by atoms with Crippen molar-refractivity contribution in [3.8, 4) is 0 Å². The average Bonchev–Trinajstić information content (AvgIpc) is 2.35. The molecule has 18 heavy (non-hydrogen) atoms. The number of thioether (sulfide) groups is 1. The van der Waals surface area contributed by atoms with Crippen LogP contribution in [0, 0.1) is 6.92 Å². The van der Waals surface area contributed by atoms with Crippen LogP contribution in [0.2, 0.25) is 0 Å². The molecule has 1 aromatic rings. The molecule has 0 unspecified atom stereocenters. The molecule has 0 aromatic carbocycles. The molecule has 0 aliphatic heterocycles. The van der Waals surface area contributed by atoms with Crippen LogP contribution in [0.1, 0.15) is 31.2 Å². The maximum Gasteiger partial charge on any atom is 0.137 e. The second-order valence-corrected chi connectivity index (χ2v) is 5.68. The largest absolute Gasteiger partial charge is 0.373 e. The van der Waals surface area contributed by atoms with E-state index in [1.54, 1.807) is 0 Å². The minimum Gasteiger partial charge on any atom is -0.373 e. The van der Waals surface area contributed by atoms with E-state index in [2.05, 4.69) is 49.3 Å². The second-order valence-electron chi connectivity index (χ2n) is 4.70. The van der Waals surface area contributed by atoms with Gasteiger partial charge in [-0.25, -0.2) is 9.97 Å². The van der Waals surface area contributed by atoms with Gasteiger partial charge in [-0.05, 0) is 13.2 Å². The summed E-state index contributed by atoms with van der Waals surface area (Å²) >= 11 is 1.85. The molecule has 5 heteroatoms. The predicted molar refractivity (Wildman–Crippen MR) is 82.1 cm³/mol. The Bertz CT molecular complexity index is 393. The molecular weight excluding hydrogens is 244 g/mol. The zero-order valence-corrected chi connectivity index (χ0v) is 13.1. The van der Waals surface area contributed by atoms with E-state index >= 15 is 0 Å². The van der Waals surface area contributed by atoms with E-state index in [1.165, 1.54) is 0 Å². The maximum atomic E-state index is 4.70. The predicted octanol–water partition coefficient (Wildman–Crippen LogP) is 2.75. The Kier molecular flexibility index (Phi) is 5.72. The molecule has 1 N–H and O–H groups in total. The van der Waals surface area contributed by atoms with Crippen LogP contribution in [0.25, 0.3) is 0 Å². The molecule has 0 saturated heterocycles. The lowest BCUT2D eigenvalue weighted by atomic mass is 10.2. The monoisotopic (exact) mass is 268 g/mol. The molecule has 0 bridgehead atoms. The summed E-state index contributed by atoms with van der Waals surface area (Å²) in [6, 6.07) is 0. The number of hydrogen-bond acceptors (Lipinski definition) is 5. The van der Waals surface area contributed by atoms with Crippen molar-refractivity contribution in [2.75, 3.05) is 42.9 Å². The summed E-state index contributed by atoms with van der Waals surface area (Å²) in [6.07, 6.45) is 2.12. The fourth-order valence-corrected chi connectivity index (χ4v) is 2.19. The SMILES string of the molecule is CNc1nc(C(C)C)nc(N(C)CCSC)c1C. The lowest BCUT2D eigenvalue weighted by Crippen LogP contribution is -2.24. The quantitative estimate of drug-likeness (QED) is 0.859. The standard InChI is InChI=1S/C13H24N4S/c1-9(2)11-15-12(14-4)10(3)13(16-11)17(5)7-8-18-6/h9H,7-8H2,1-6H3,(H,14,15,16). The van der Waals surface area contributed by atoms with Crippen LogP contribution in [-0.2, 0) is 0 Å². The summed E-state index contributed by atoms with van der Waals surface area (Å²) in [4.78, 5) is 11.5. The molecule has 1 heterocycles. The summed E-state index contributed by atoms with van der Waals surface area (Å²) in [5.74, 6) is 4.31. The van der Waals surface area contributed by atoms with E-state index in [1.807, 2.05) is 18.8 Å². The molecule has 0 spiro atoms. The van der Waals surface area contributed by atoms with Crippen LogP contribution in [-0.4, -0.2) is 42.6 Å². The van der Waals surface area contributed by atoms with Crippen molar-refractivity contribution in [1.82, 2.24) is 9.97 Å². The summed E-state index contributed by atoms with van der Waals surface area (Å²) in [7, 11) is 4.00. The summed E-state index contributed by atoms with van der Waals surface area (Å²) in [5.41, 5.74) is 1.12. The highest BCUT2D eigenvalue weighted by atomic mass is 32.2. The van der Waals surface area contributed by atoms with Gasteiger partial charge in [0.2, 0.25) is 0 Å². The van der Waals surface area contributed by atoms with E-state index in [-0.39, 0.29) is 0 Å². The molecule has 0 atom stereocenters. The summed E-state index contributed by atoms with van der Waals surface area (Å²) < 4.78 is 0. The van der Waals surface area contributed by atoms with Gasteiger partial charge in [-0.2, -0.15) is 11.8 Å². The third-order valence-electron chi connectivity index (χ3n) is 2.88. The van der Waals surface area contributed by atoms with E-state index in [0.29, 0.717) is 5.92 Å². The van der Waals surface area contributed by atoms with Crippen molar-refractivity contribution >= 4 is 23.4 Å². The second kappa shape index (κ2) is 6.83. The van der Waals surface area contributed by atoms with Crippen LogP contribution in [0.15, 0.2) is 0 Å². The Hall–Kier alpha value is -0.970. The third-order valence-corrected chi connectivity index (χ3v) is 3.47. The van der Waals surface area contributed by atoms with Crippen molar-refractivity contribution in [3.05, 3.63) is 11.4 Å². The van der Waals surface area contributed by atoms with Crippen LogP contribution in [0.3, 0.4) is 0 Å². The molecule has 0 radical (unpaired) electrons. The minimum absolute atomic E-state index is 0.338. The first-order valence-corrected chi connectivity index (χ1v) is 7.67. The molecule has 0 fully saturated rings. The van der Waals surface area contributed by atoms with Gasteiger partial charge >= 0.3 is 0 Å². The Morgan fingerprint density at radius 3 is 2.50 bits per heavy atom. The number of nitrogens with zero attached hydrogens (tertiary/aromatic N) is 3. The van der Waals surface area contributed by atoms with Crippen LogP contribution >= 0.6 is 11.8 Å². The average molecular weight is 268 g/mol. The summed E-state index contributed by atoms with van der Waals surface area (Å²) in [5, 5.41) is 3.16. The number of hydrogen-bond donors (Lipinski definition) is 1. The number of rotatable bonds is 6. The molecule has 0 amide bonds. The first-order chi connectivity index (χ1) is 8.51. The smallest absolute Gasteiger partial charge is 0.137 e. The van der Waals surface area contributed by atoms with E-state index in [4.69, 9.17) is 4.98 Å². The number of nitrogens with one attached hydrogen (secondary N) is 1. The molecule has 1 aromatic heterocycles. The van der Waals surface area contributed by atoms with E-state index in [9.17, 15) is 0 Å². The molecule has 0 aliphatic carbocycles. The van der Waals surface area contributed by atoms with E-state index < -0.39 is 0 Å². The molecule has 102 valence electrons. The molecule has 1 rings (SSSR count). The highest BCUT2D eigenvalue weighted by Crippen LogP contribution is 2.25. The van der Waals surface area contributed by atoms with Gasteiger partial charge in [0.25, 0.3) is 0 Å². The van der Waals surface area contributed by atoms with Crippen molar-refractivity contribution in [2.24, 2.45) is 0 Å². The van der Waals surface area contributed by atoms with Gasteiger partial charge in [-0.3, -0.25) is 0 Å². The number of aromatic nitrogens is 2. The Balaban J connectivity index is 3.11. The molecule has 4 nitrogen and oxygen atoms in total. The lowest BCUT2D eigenvalue weighted by molar-refractivity contribution is 0.764. The highest BCUT2D eigenvalue weighted by Gasteiger charge is 2.14. The van der Waals surface area contributed by atoms with Crippen LogP contribution < -0.4 is 10.2 Å². The first-order valence-electron chi connectivity index (χ1n) is 6.27. The van der Waals surface area contributed by atoms with Crippen LogP contribution in [0.5, 0.6) is 0 Å². The van der Waals surface area contributed by atoms with Gasteiger partial charge in [0.15, 0.2) is 0 Å². The Labute approximate surface area is 115 Å². The van der Waals surface area contributed by atoms with E-state index in [0.717, 1.165) is 35.3 Å². The van der Waals surface area contributed by atoms with Gasteiger partial charge in [-0.15, -0.1) is 0 Å². The topological polar surface area (TPSA) is 41.1 Å². The summed E-state index contributed by atoms with van der Waals surface area (Å²) in [6.45, 7) is 7.31. The molecular formula is C13H24N4S. The maximum absolute atomic E-state index is 4.70. The first kappa shape index (κ1) is 15.1. The highest BCUT2D eigenvalue weighted by molar-refractivity contribution is 7.98. The molecule has 0 saturated carbocycles. The minimum atomic E-state index is 0.338. The van der Waals surface area contributed by atoms with Gasteiger partial charge in [-0.1, -0.05) is 13.8 Å². The third kappa shape index (κ3) is 3.51. The van der Waals surface area contributed by atoms with Crippen molar-refractivity contribution in [2.45, 2.75) is 26.7 Å². The van der Waals surface area contributed by atoms with Gasteiger partial charge < -0.3 is 10.2 Å². The van der Waals surface area contributed by atoms with Crippen molar-refractivity contribution < 1.29 is 0 Å². The zero-order chi connectivity index (χ0) is 13.7. The zero-order valence-electron chi connectivity index (χ0n) is 12.2. The normalized spacial score (nSPS) is 10.8.